The topological polar surface area (TPSA) is 27.1 Å². The Morgan fingerprint density at radius 1 is 1.25 bits per heavy atom. The molecule has 2 aromatic rings. The zero-order valence-corrected chi connectivity index (χ0v) is 15.1. The van der Waals surface area contributed by atoms with Gasteiger partial charge in [0.05, 0.1) is 15.9 Å². The van der Waals surface area contributed by atoms with Gasteiger partial charge in [-0.1, -0.05) is 28.9 Å². The molecule has 0 radical (unpaired) electrons. The third kappa shape index (κ3) is 3.26. The summed E-state index contributed by atoms with van der Waals surface area (Å²) in [5.74, 6) is 0.896. The molecule has 0 amide bonds. The average Bonchev–Trinajstić information content (AvgIpc) is 2.75. The molecule has 0 saturated heterocycles. The van der Waals surface area contributed by atoms with E-state index in [0.717, 1.165) is 44.6 Å². The van der Waals surface area contributed by atoms with Crippen molar-refractivity contribution in [3.63, 3.8) is 0 Å². The smallest absolute Gasteiger partial charge is 0.131 e. The van der Waals surface area contributed by atoms with Gasteiger partial charge in [0.2, 0.25) is 0 Å². The molecule has 0 aliphatic carbocycles. The molecule has 20 heavy (non-hydrogen) atoms. The Hall–Kier alpha value is -0.810. The summed E-state index contributed by atoms with van der Waals surface area (Å²) in [5, 5.41) is 4.58. The molecule has 0 aliphatic rings. The van der Waals surface area contributed by atoms with Crippen LogP contribution in [0.5, 0.6) is 5.75 Å². The maximum atomic E-state index is 5.96. The normalized spacial score (nSPS) is 10.8. The first-order valence-corrected chi connectivity index (χ1v) is 8.28. The molecule has 1 aromatic heterocycles. The van der Waals surface area contributed by atoms with E-state index >= 15 is 0 Å². The first kappa shape index (κ1) is 15.6. The van der Waals surface area contributed by atoms with Gasteiger partial charge in [0.25, 0.3) is 0 Å². The van der Waals surface area contributed by atoms with Crippen LogP contribution in [-0.4, -0.2) is 9.78 Å². The third-order valence-corrected chi connectivity index (χ3v) is 4.62. The molecular weight excluding hydrogens is 384 g/mol. The Bertz CT molecular complexity index is 608. The van der Waals surface area contributed by atoms with Crippen LogP contribution in [0.15, 0.2) is 27.1 Å². The van der Waals surface area contributed by atoms with E-state index in [1.807, 2.05) is 29.8 Å². The molecule has 0 fully saturated rings. The van der Waals surface area contributed by atoms with Crippen LogP contribution in [0, 0.1) is 6.92 Å². The maximum Gasteiger partial charge on any atom is 0.131 e. The van der Waals surface area contributed by atoms with Crippen molar-refractivity contribution in [2.45, 2.75) is 40.3 Å². The number of aromatic nitrogens is 2. The predicted molar refractivity (Wildman–Crippen MR) is 88.2 cm³/mol. The second kappa shape index (κ2) is 6.76. The lowest BCUT2D eigenvalue weighted by Gasteiger charge is -2.11. The zero-order chi connectivity index (χ0) is 14.7. The van der Waals surface area contributed by atoms with Crippen LogP contribution in [-0.2, 0) is 19.6 Å². The molecule has 3 nitrogen and oxygen atoms in total. The van der Waals surface area contributed by atoms with Crippen LogP contribution in [0.1, 0.15) is 30.8 Å². The highest BCUT2D eigenvalue weighted by Gasteiger charge is 2.14. The third-order valence-electron chi connectivity index (χ3n) is 3.21. The molecule has 1 heterocycles. The van der Waals surface area contributed by atoms with E-state index in [9.17, 15) is 0 Å². The van der Waals surface area contributed by atoms with Gasteiger partial charge in [-0.3, -0.25) is 4.68 Å². The monoisotopic (exact) mass is 400 g/mol. The molecule has 0 atom stereocenters. The van der Waals surface area contributed by atoms with E-state index in [-0.39, 0.29) is 0 Å². The second-order valence-corrected chi connectivity index (χ2v) is 6.28. The summed E-state index contributed by atoms with van der Waals surface area (Å²) in [6.07, 6.45) is 0.913. The van der Waals surface area contributed by atoms with Crippen LogP contribution in [0.25, 0.3) is 0 Å². The molecule has 108 valence electrons. The van der Waals surface area contributed by atoms with Gasteiger partial charge in [-0.2, -0.15) is 5.10 Å². The van der Waals surface area contributed by atoms with Gasteiger partial charge in [-0.25, -0.2) is 0 Å². The molecule has 0 saturated carbocycles. The number of ether oxygens (including phenoxy) is 1. The van der Waals surface area contributed by atoms with Crippen LogP contribution in [0.2, 0.25) is 0 Å². The molecule has 0 bridgehead atoms. The largest absolute Gasteiger partial charge is 0.487 e. The number of aryl methyl sites for hydroxylation is 3. The van der Waals surface area contributed by atoms with Gasteiger partial charge in [0.1, 0.15) is 12.4 Å². The standard InChI is InChI=1S/C15H18Br2N2O/c1-4-12-15(17)13(19(5-2)18-12)9-20-14-8-11(16)7-6-10(14)3/h6-8H,4-5,9H2,1-3H3. The van der Waals surface area contributed by atoms with Crippen LogP contribution in [0.4, 0.5) is 0 Å². The van der Waals surface area contributed by atoms with Crippen molar-refractivity contribution in [3.8, 4) is 5.75 Å². The van der Waals surface area contributed by atoms with Crippen molar-refractivity contribution in [1.82, 2.24) is 9.78 Å². The highest BCUT2D eigenvalue weighted by Crippen LogP contribution is 2.27. The van der Waals surface area contributed by atoms with E-state index in [4.69, 9.17) is 4.74 Å². The second-order valence-electron chi connectivity index (χ2n) is 4.58. The maximum absolute atomic E-state index is 5.96. The Kier molecular flexibility index (Phi) is 5.27. The summed E-state index contributed by atoms with van der Waals surface area (Å²) in [4.78, 5) is 0. The van der Waals surface area contributed by atoms with E-state index < -0.39 is 0 Å². The van der Waals surface area contributed by atoms with Crippen molar-refractivity contribution in [2.24, 2.45) is 0 Å². The van der Waals surface area contributed by atoms with Gasteiger partial charge >= 0.3 is 0 Å². The van der Waals surface area contributed by atoms with Gasteiger partial charge in [-0.05, 0) is 53.9 Å². The van der Waals surface area contributed by atoms with Crippen molar-refractivity contribution < 1.29 is 4.74 Å². The summed E-state index contributed by atoms with van der Waals surface area (Å²) in [6, 6.07) is 6.06. The number of hydrogen-bond donors (Lipinski definition) is 0. The van der Waals surface area contributed by atoms with Crippen molar-refractivity contribution in [2.75, 3.05) is 0 Å². The summed E-state index contributed by atoms with van der Waals surface area (Å²) >= 11 is 7.11. The number of rotatable bonds is 5. The average molecular weight is 402 g/mol. The fraction of sp³-hybridized carbons (Fsp3) is 0.400. The minimum absolute atomic E-state index is 0.513. The minimum atomic E-state index is 0.513. The van der Waals surface area contributed by atoms with Gasteiger partial charge in [0, 0.05) is 11.0 Å². The molecule has 1 aromatic carbocycles. The summed E-state index contributed by atoms with van der Waals surface area (Å²) in [5.41, 5.74) is 3.29. The predicted octanol–water partition coefficient (Wildman–Crippen LogP) is 4.88. The minimum Gasteiger partial charge on any atom is -0.487 e. The lowest BCUT2D eigenvalue weighted by molar-refractivity contribution is 0.289. The highest BCUT2D eigenvalue weighted by molar-refractivity contribution is 9.10. The molecule has 0 aliphatic heterocycles. The van der Waals surface area contributed by atoms with E-state index in [2.05, 4.69) is 50.8 Å². The van der Waals surface area contributed by atoms with E-state index in [1.165, 1.54) is 0 Å². The SMILES string of the molecule is CCc1nn(CC)c(COc2cc(Br)ccc2C)c1Br. The summed E-state index contributed by atoms with van der Waals surface area (Å²) in [7, 11) is 0. The molecule has 2 rings (SSSR count). The fourth-order valence-corrected chi connectivity index (χ4v) is 3.05. The number of nitrogens with zero attached hydrogens (tertiary/aromatic N) is 2. The quantitative estimate of drug-likeness (QED) is 0.713. The van der Waals surface area contributed by atoms with Crippen LogP contribution >= 0.6 is 31.9 Å². The summed E-state index contributed by atoms with van der Waals surface area (Å²) in [6.45, 7) is 7.60. The Morgan fingerprint density at radius 2 is 2.00 bits per heavy atom. The zero-order valence-electron chi connectivity index (χ0n) is 11.9. The fourth-order valence-electron chi connectivity index (χ4n) is 2.03. The Labute approximate surface area is 136 Å². The number of halogens is 2. The number of hydrogen-bond acceptors (Lipinski definition) is 2. The Balaban J connectivity index is 2.22. The lowest BCUT2D eigenvalue weighted by atomic mass is 10.2. The molecule has 0 N–H and O–H groups in total. The van der Waals surface area contributed by atoms with Gasteiger partial charge < -0.3 is 4.74 Å². The highest BCUT2D eigenvalue weighted by atomic mass is 79.9. The van der Waals surface area contributed by atoms with Gasteiger partial charge in [-0.15, -0.1) is 0 Å². The molecule has 0 unspecified atom stereocenters. The molecular formula is C15H18Br2N2O. The summed E-state index contributed by atoms with van der Waals surface area (Å²) < 4.78 is 10.0. The molecule has 0 spiro atoms. The van der Waals surface area contributed by atoms with Crippen LogP contribution < -0.4 is 4.74 Å². The lowest BCUT2D eigenvalue weighted by Crippen LogP contribution is -2.07. The Morgan fingerprint density at radius 3 is 2.65 bits per heavy atom. The van der Waals surface area contributed by atoms with Crippen molar-refractivity contribution in [1.29, 1.82) is 0 Å². The van der Waals surface area contributed by atoms with E-state index in [1.54, 1.807) is 0 Å². The first-order chi connectivity index (χ1) is 9.56. The first-order valence-electron chi connectivity index (χ1n) is 6.69. The van der Waals surface area contributed by atoms with Crippen molar-refractivity contribution in [3.05, 3.63) is 44.1 Å². The van der Waals surface area contributed by atoms with E-state index in [0.29, 0.717) is 6.61 Å². The van der Waals surface area contributed by atoms with Gasteiger partial charge in [0.15, 0.2) is 0 Å². The van der Waals surface area contributed by atoms with Crippen LogP contribution in [0.3, 0.4) is 0 Å². The van der Waals surface area contributed by atoms with Crippen molar-refractivity contribution >= 4 is 31.9 Å². The molecule has 5 heteroatoms. The number of benzene rings is 1.